The number of H-pyrrole nitrogens is 1. The molecule has 0 spiro atoms. The number of hydrogen-bond donors (Lipinski definition) is 1. The van der Waals surface area contributed by atoms with Crippen molar-refractivity contribution >= 4 is 17.2 Å². The Morgan fingerprint density at radius 2 is 1.92 bits per heavy atom. The van der Waals surface area contributed by atoms with Gasteiger partial charge in [-0.25, -0.2) is 0 Å². The Morgan fingerprint density at radius 1 is 1.23 bits per heavy atom. The third kappa shape index (κ3) is 3.26. The molecule has 1 saturated heterocycles. The zero-order valence-electron chi connectivity index (χ0n) is 16.1. The van der Waals surface area contributed by atoms with Crippen molar-refractivity contribution in [2.45, 2.75) is 33.1 Å². The van der Waals surface area contributed by atoms with Crippen molar-refractivity contribution < 1.29 is 4.79 Å². The molecule has 2 heterocycles. The van der Waals surface area contributed by atoms with Crippen LogP contribution in [-0.2, 0) is 6.42 Å². The zero-order chi connectivity index (χ0) is 18.8. The summed E-state index contributed by atoms with van der Waals surface area (Å²) in [4.78, 5) is 32.9. The van der Waals surface area contributed by atoms with Gasteiger partial charge in [-0.1, -0.05) is 19.1 Å². The molecule has 0 saturated carbocycles. The Balaban J connectivity index is 2.13. The van der Waals surface area contributed by atoms with Gasteiger partial charge in [0.1, 0.15) is 5.69 Å². The second-order valence-electron chi connectivity index (χ2n) is 7.10. The van der Waals surface area contributed by atoms with Crippen molar-refractivity contribution in [2.75, 3.05) is 37.0 Å². The average molecular weight is 353 g/mol. The summed E-state index contributed by atoms with van der Waals surface area (Å²) < 4.78 is 0. The van der Waals surface area contributed by atoms with Crippen molar-refractivity contribution in [2.24, 2.45) is 0 Å². The minimum atomic E-state index is -0.219. The molecule has 0 radical (unpaired) electrons. The number of aromatic nitrogens is 1. The van der Waals surface area contributed by atoms with E-state index in [9.17, 15) is 9.59 Å². The molecule has 1 N–H and O–H groups in total. The molecule has 1 aliphatic rings. The number of benzene rings is 1. The number of carbonyl (C=O) groups excluding carboxylic acids is 1. The normalized spacial score (nSPS) is 13.9. The smallest absolute Gasteiger partial charge is 0.272 e. The fourth-order valence-corrected chi connectivity index (χ4v) is 3.83. The van der Waals surface area contributed by atoms with Gasteiger partial charge >= 0.3 is 0 Å². The fraction of sp³-hybridized carbons (Fsp3) is 0.429. The maximum absolute atomic E-state index is 13.4. The number of carbonyl (C=O) groups is 1. The summed E-state index contributed by atoms with van der Waals surface area (Å²) in [6.45, 7) is 5.93. The van der Waals surface area contributed by atoms with Crippen molar-refractivity contribution in [3.8, 4) is 0 Å². The molecule has 5 nitrogen and oxygen atoms in total. The Bertz CT molecular complexity index is 877. The van der Waals surface area contributed by atoms with Gasteiger partial charge in [-0.15, -0.1) is 0 Å². The van der Waals surface area contributed by atoms with Crippen molar-refractivity contribution in [1.29, 1.82) is 0 Å². The number of hydrogen-bond acceptors (Lipinski definition) is 4. The van der Waals surface area contributed by atoms with E-state index in [0.717, 1.165) is 30.0 Å². The lowest BCUT2D eigenvalue weighted by Crippen LogP contribution is -2.27. The number of anilines is 2. The molecule has 0 atom stereocenters. The van der Waals surface area contributed by atoms with E-state index in [-0.39, 0.29) is 11.3 Å². The Kier molecular flexibility index (Phi) is 5.16. The van der Waals surface area contributed by atoms with Gasteiger partial charge in [-0.05, 0) is 43.9 Å². The summed E-state index contributed by atoms with van der Waals surface area (Å²) in [5, 5.41) is 0. The average Bonchev–Trinajstić information content (AvgIpc) is 3.15. The Labute approximate surface area is 154 Å². The molecule has 1 aromatic heterocycles. The molecule has 0 aliphatic carbocycles. The number of ketones is 1. The predicted molar refractivity (Wildman–Crippen MR) is 107 cm³/mol. The van der Waals surface area contributed by atoms with Gasteiger partial charge in [0, 0.05) is 44.1 Å². The van der Waals surface area contributed by atoms with Crippen LogP contribution in [0.4, 0.5) is 11.4 Å². The lowest BCUT2D eigenvalue weighted by atomic mass is 9.94. The lowest BCUT2D eigenvalue weighted by molar-refractivity contribution is 0.103. The number of nitrogens with zero attached hydrogens (tertiary/aromatic N) is 2. The van der Waals surface area contributed by atoms with Gasteiger partial charge in [-0.3, -0.25) is 9.59 Å². The third-order valence-corrected chi connectivity index (χ3v) is 5.11. The first-order valence-electron chi connectivity index (χ1n) is 9.26. The Morgan fingerprint density at radius 3 is 2.54 bits per heavy atom. The van der Waals surface area contributed by atoms with Gasteiger partial charge < -0.3 is 14.8 Å². The topological polar surface area (TPSA) is 56.4 Å². The monoisotopic (exact) mass is 353 g/mol. The maximum atomic E-state index is 13.4. The molecule has 5 heteroatoms. The highest BCUT2D eigenvalue weighted by molar-refractivity contribution is 6.13. The van der Waals surface area contributed by atoms with E-state index in [0.29, 0.717) is 23.2 Å². The molecule has 26 heavy (non-hydrogen) atoms. The van der Waals surface area contributed by atoms with E-state index in [1.165, 1.54) is 12.8 Å². The summed E-state index contributed by atoms with van der Waals surface area (Å²) >= 11 is 0. The van der Waals surface area contributed by atoms with Gasteiger partial charge in [0.15, 0.2) is 5.78 Å². The molecule has 138 valence electrons. The molecule has 0 amide bonds. The van der Waals surface area contributed by atoms with E-state index in [4.69, 9.17) is 0 Å². The van der Waals surface area contributed by atoms with Crippen LogP contribution in [0.3, 0.4) is 0 Å². The van der Waals surface area contributed by atoms with Crippen LogP contribution < -0.4 is 15.4 Å². The summed E-state index contributed by atoms with van der Waals surface area (Å²) in [5.74, 6) is -0.0826. The number of aryl methyl sites for hydroxylation is 1. The molecule has 0 bridgehead atoms. The Hall–Kier alpha value is -2.56. The van der Waals surface area contributed by atoms with Gasteiger partial charge in [0.05, 0.1) is 5.56 Å². The minimum Gasteiger partial charge on any atom is -0.373 e. The molecular weight excluding hydrogens is 326 g/mol. The molecule has 1 aliphatic heterocycles. The van der Waals surface area contributed by atoms with Crippen molar-refractivity contribution in [3.05, 3.63) is 57.0 Å². The first kappa shape index (κ1) is 18.2. The van der Waals surface area contributed by atoms with Gasteiger partial charge in [0.2, 0.25) is 0 Å². The molecule has 3 rings (SSSR count). The number of aromatic amines is 1. The van der Waals surface area contributed by atoms with E-state index >= 15 is 0 Å². The van der Waals surface area contributed by atoms with Crippen molar-refractivity contribution in [1.82, 2.24) is 4.98 Å². The number of pyridine rings is 1. The lowest BCUT2D eigenvalue weighted by Gasteiger charge is -2.21. The van der Waals surface area contributed by atoms with E-state index in [1.807, 2.05) is 32.0 Å². The van der Waals surface area contributed by atoms with Gasteiger partial charge in [0.25, 0.3) is 5.56 Å². The van der Waals surface area contributed by atoms with Crippen LogP contribution in [0.2, 0.25) is 0 Å². The third-order valence-electron chi connectivity index (χ3n) is 5.11. The van der Waals surface area contributed by atoms with Gasteiger partial charge in [-0.2, -0.15) is 0 Å². The molecule has 0 unspecified atom stereocenters. The van der Waals surface area contributed by atoms with Crippen LogP contribution in [-0.4, -0.2) is 38.0 Å². The van der Waals surface area contributed by atoms with Crippen LogP contribution in [0.1, 0.15) is 46.9 Å². The summed E-state index contributed by atoms with van der Waals surface area (Å²) in [6, 6.07) is 7.79. The largest absolute Gasteiger partial charge is 0.373 e. The first-order chi connectivity index (χ1) is 12.4. The second kappa shape index (κ2) is 7.36. The summed E-state index contributed by atoms with van der Waals surface area (Å²) in [7, 11) is 3.60. The first-order valence-corrected chi connectivity index (χ1v) is 9.26. The quantitative estimate of drug-likeness (QED) is 0.839. The number of nitrogens with one attached hydrogen (secondary N) is 1. The van der Waals surface area contributed by atoms with Crippen LogP contribution in [0, 0.1) is 6.92 Å². The van der Waals surface area contributed by atoms with Crippen LogP contribution in [0.5, 0.6) is 0 Å². The van der Waals surface area contributed by atoms with Crippen LogP contribution in [0.25, 0.3) is 0 Å². The molecular formula is C21H27N3O2. The highest BCUT2D eigenvalue weighted by atomic mass is 16.1. The van der Waals surface area contributed by atoms with E-state index in [1.54, 1.807) is 19.0 Å². The fourth-order valence-electron chi connectivity index (χ4n) is 3.83. The maximum Gasteiger partial charge on any atom is 0.272 e. The highest BCUT2D eigenvalue weighted by Gasteiger charge is 2.24. The zero-order valence-corrected chi connectivity index (χ0v) is 16.1. The molecule has 2 aromatic rings. The van der Waals surface area contributed by atoms with E-state index < -0.39 is 0 Å². The minimum absolute atomic E-state index is 0.0826. The SMILES string of the molecule is CCc1c(C)[nH]c(=O)c(N(C)C)c1C(=O)c1cccc(N2CCCC2)c1. The van der Waals surface area contributed by atoms with Crippen molar-refractivity contribution in [3.63, 3.8) is 0 Å². The highest BCUT2D eigenvalue weighted by Crippen LogP contribution is 2.27. The summed E-state index contributed by atoms with van der Waals surface area (Å²) in [6.07, 6.45) is 3.07. The van der Waals surface area contributed by atoms with Crippen LogP contribution >= 0.6 is 0 Å². The molecule has 1 aromatic carbocycles. The summed E-state index contributed by atoms with van der Waals surface area (Å²) in [5.41, 5.74) is 4.13. The molecule has 1 fully saturated rings. The number of rotatable bonds is 5. The van der Waals surface area contributed by atoms with Crippen LogP contribution in [0.15, 0.2) is 29.1 Å². The second-order valence-corrected chi connectivity index (χ2v) is 7.10. The predicted octanol–water partition coefficient (Wildman–Crippen LogP) is 3.14. The van der Waals surface area contributed by atoms with E-state index in [2.05, 4.69) is 16.0 Å². The standard InChI is InChI=1S/C21H27N3O2/c1-5-17-14(2)22-21(26)19(23(3)4)18(17)20(25)15-9-8-10-16(13-15)24-11-6-7-12-24/h8-10,13H,5-7,11-12H2,1-4H3,(H,22,26).